The van der Waals surface area contributed by atoms with E-state index in [-0.39, 0.29) is 6.10 Å². The Kier molecular flexibility index (Phi) is 2.91. The van der Waals surface area contributed by atoms with Gasteiger partial charge in [0.05, 0.1) is 6.10 Å². The van der Waals surface area contributed by atoms with E-state index in [4.69, 9.17) is 0 Å². The maximum atomic E-state index is 9.35. The van der Waals surface area contributed by atoms with Gasteiger partial charge in [0.25, 0.3) is 0 Å². The summed E-state index contributed by atoms with van der Waals surface area (Å²) in [5.41, 5.74) is 1.24. The highest BCUT2D eigenvalue weighted by molar-refractivity contribution is 9.10. The van der Waals surface area contributed by atoms with Gasteiger partial charge in [-0.05, 0) is 51.7 Å². The molecule has 0 spiro atoms. The summed E-state index contributed by atoms with van der Waals surface area (Å²) in [5, 5.41) is 12.7. The lowest BCUT2D eigenvalue weighted by atomic mass is 10.1. The molecule has 0 saturated carbocycles. The zero-order valence-corrected chi connectivity index (χ0v) is 10.2. The summed E-state index contributed by atoms with van der Waals surface area (Å²) < 4.78 is 2.40. The van der Waals surface area contributed by atoms with E-state index in [0.29, 0.717) is 0 Å². The third kappa shape index (κ3) is 1.85. The third-order valence-electron chi connectivity index (χ3n) is 2.15. The van der Waals surface area contributed by atoms with E-state index in [2.05, 4.69) is 27.4 Å². The highest BCUT2D eigenvalue weighted by atomic mass is 79.9. The highest BCUT2D eigenvalue weighted by Gasteiger charge is 2.07. The molecule has 0 fully saturated rings. The van der Waals surface area contributed by atoms with E-state index in [1.807, 2.05) is 19.1 Å². The van der Waals surface area contributed by atoms with Crippen LogP contribution < -0.4 is 0 Å². The van der Waals surface area contributed by atoms with Gasteiger partial charge in [0.2, 0.25) is 0 Å². The molecule has 1 atom stereocenters. The SMILES string of the molecule is CC(O)Cc1csc2c(Br)cccc12. The van der Waals surface area contributed by atoms with Gasteiger partial charge in [0, 0.05) is 9.17 Å². The van der Waals surface area contributed by atoms with Crippen LogP contribution in [0, 0.1) is 0 Å². The lowest BCUT2D eigenvalue weighted by molar-refractivity contribution is 0.196. The molecule has 0 aliphatic carbocycles. The molecule has 1 heterocycles. The Labute approximate surface area is 95.5 Å². The van der Waals surface area contributed by atoms with Crippen molar-refractivity contribution in [1.29, 1.82) is 0 Å². The molecule has 0 bridgehead atoms. The first-order chi connectivity index (χ1) is 6.68. The molecular formula is C11H11BrOS. The van der Waals surface area contributed by atoms with E-state index in [0.717, 1.165) is 10.9 Å². The second kappa shape index (κ2) is 4.01. The van der Waals surface area contributed by atoms with E-state index >= 15 is 0 Å². The number of benzene rings is 1. The van der Waals surface area contributed by atoms with Crippen LogP contribution in [0.5, 0.6) is 0 Å². The first-order valence-electron chi connectivity index (χ1n) is 4.51. The maximum absolute atomic E-state index is 9.35. The van der Waals surface area contributed by atoms with Crippen LogP contribution in [0.2, 0.25) is 0 Å². The Morgan fingerprint density at radius 3 is 3.00 bits per heavy atom. The van der Waals surface area contributed by atoms with Crippen LogP contribution in [0.3, 0.4) is 0 Å². The topological polar surface area (TPSA) is 20.2 Å². The molecule has 0 aliphatic heterocycles. The average molecular weight is 271 g/mol. The Morgan fingerprint density at radius 1 is 1.50 bits per heavy atom. The van der Waals surface area contributed by atoms with Gasteiger partial charge in [-0.3, -0.25) is 0 Å². The lowest BCUT2D eigenvalue weighted by Crippen LogP contribution is -2.03. The van der Waals surface area contributed by atoms with Crippen LogP contribution in [-0.2, 0) is 6.42 Å². The monoisotopic (exact) mass is 270 g/mol. The second-order valence-corrected chi connectivity index (χ2v) is 5.16. The van der Waals surface area contributed by atoms with E-state index in [1.165, 1.54) is 15.6 Å². The van der Waals surface area contributed by atoms with Gasteiger partial charge in [-0.25, -0.2) is 0 Å². The smallest absolute Gasteiger partial charge is 0.0552 e. The zero-order chi connectivity index (χ0) is 10.1. The van der Waals surface area contributed by atoms with E-state index < -0.39 is 0 Å². The fourth-order valence-electron chi connectivity index (χ4n) is 1.55. The van der Waals surface area contributed by atoms with Crippen molar-refractivity contribution in [3.05, 3.63) is 33.6 Å². The van der Waals surface area contributed by atoms with E-state index in [1.54, 1.807) is 11.3 Å². The van der Waals surface area contributed by atoms with E-state index in [9.17, 15) is 5.11 Å². The zero-order valence-electron chi connectivity index (χ0n) is 7.83. The molecule has 1 N–H and O–H groups in total. The van der Waals surface area contributed by atoms with Gasteiger partial charge in [0.1, 0.15) is 0 Å². The normalized spacial score (nSPS) is 13.4. The summed E-state index contributed by atoms with van der Waals surface area (Å²) in [6, 6.07) is 6.18. The average Bonchev–Trinajstić information content (AvgIpc) is 2.49. The van der Waals surface area contributed by atoms with Crippen LogP contribution in [-0.4, -0.2) is 11.2 Å². The molecule has 2 aromatic rings. The van der Waals surface area contributed by atoms with Crippen molar-refractivity contribution >= 4 is 37.4 Å². The van der Waals surface area contributed by atoms with Crippen molar-refractivity contribution < 1.29 is 5.11 Å². The molecule has 3 heteroatoms. The Balaban J connectivity index is 2.52. The fourth-order valence-corrected chi connectivity index (χ4v) is 3.19. The first-order valence-corrected chi connectivity index (χ1v) is 6.18. The Hall–Kier alpha value is -0.380. The van der Waals surface area contributed by atoms with Crippen LogP contribution in [0.15, 0.2) is 28.1 Å². The van der Waals surface area contributed by atoms with Gasteiger partial charge in [0.15, 0.2) is 0 Å². The molecule has 0 radical (unpaired) electrons. The molecule has 1 unspecified atom stereocenters. The van der Waals surface area contributed by atoms with Crippen molar-refractivity contribution in [3.8, 4) is 0 Å². The minimum atomic E-state index is -0.271. The predicted octanol–water partition coefficient (Wildman–Crippen LogP) is 3.59. The number of aliphatic hydroxyl groups excluding tert-OH is 1. The number of rotatable bonds is 2. The van der Waals surface area contributed by atoms with Crippen LogP contribution >= 0.6 is 27.3 Å². The number of fused-ring (bicyclic) bond motifs is 1. The minimum Gasteiger partial charge on any atom is -0.393 e. The third-order valence-corrected chi connectivity index (χ3v) is 4.15. The second-order valence-electron chi connectivity index (χ2n) is 3.43. The van der Waals surface area contributed by atoms with Crippen molar-refractivity contribution in [2.45, 2.75) is 19.4 Å². The molecule has 1 aromatic heterocycles. The van der Waals surface area contributed by atoms with Crippen molar-refractivity contribution in [1.82, 2.24) is 0 Å². The standard InChI is InChI=1S/C11H11BrOS/c1-7(13)5-8-6-14-11-9(8)3-2-4-10(11)12/h2-4,6-7,13H,5H2,1H3. The molecule has 74 valence electrons. The van der Waals surface area contributed by atoms with Crippen LogP contribution in [0.4, 0.5) is 0 Å². The summed E-state index contributed by atoms with van der Waals surface area (Å²) >= 11 is 5.25. The molecule has 0 aliphatic rings. The molecule has 1 nitrogen and oxygen atoms in total. The largest absolute Gasteiger partial charge is 0.393 e. The molecule has 2 rings (SSSR count). The molecule has 0 amide bonds. The van der Waals surface area contributed by atoms with Gasteiger partial charge in [-0.2, -0.15) is 0 Å². The van der Waals surface area contributed by atoms with Gasteiger partial charge < -0.3 is 5.11 Å². The summed E-state index contributed by atoms with van der Waals surface area (Å²) in [6.45, 7) is 1.82. The number of aliphatic hydroxyl groups is 1. The van der Waals surface area contributed by atoms with Crippen LogP contribution in [0.1, 0.15) is 12.5 Å². The maximum Gasteiger partial charge on any atom is 0.0552 e. The van der Waals surface area contributed by atoms with Gasteiger partial charge in [-0.1, -0.05) is 12.1 Å². The summed E-state index contributed by atoms with van der Waals surface area (Å²) in [7, 11) is 0. The fraction of sp³-hybridized carbons (Fsp3) is 0.273. The van der Waals surface area contributed by atoms with Gasteiger partial charge >= 0.3 is 0 Å². The van der Waals surface area contributed by atoms with Crippen molar-refractivity contribution in [2.24, 2.45) is 0 Å². The van der Waals surface area contributed by atoms with Crippen molar-refractivity contribution in [3.63, 3.8) is 0 Å². The molecular weight excluding hydrogens is 260 g/mol. The molecule has 0 saturated heterocycles. The lowest BCUT2D eigenvalue weighted by Gasteiger charge is -2.02. The van der Waals surface area contributed by atoms with Crippen LogP contribution in [0.25, 0.3) is 10.1 Å². The summed E-state index contributed by atoms with van der Waals surface area (Å²) in [5.74, 6) is 0. The molecule has 14 heavy (non-hydrogen) atoms. The number of thiophene rings is 1. The predicted molar refractivity (Wildman–Crippen MR) is 64.9 cm³/mol. The molecule has 1 aromatic carbocycles. The number of hydrogen-bond donors (Lipinski definition) is 1. The van der Waals surface area contributed by atoms with Gasteiger partial charge in [-0.15, -0.1) is 11.3 Å². The number of halogens is 1. The number of hydrogen-bond acceptors (Lipinski definition) is 2. The highest BCUT2D eigenvalue weighted by Crippen LogP contribution is 2.32. The Morgan fingerprint density at radius 2 is 2.29 bits per heavy atom. The quantitative estimate of drug-likeness (QED) is 0.885. The minimum absolute atomic E-state index is 0.271. The summed E-state index contributed by atoms with van der Waals surface area (Å²) in [4.78, 5) is 0. The van der Waals surface area contributed by atoms with Crippen molar-refractivity contribution in [2.75, 3.05) is 0 Å². The Bertz CT molecular complexity index is 447. The summed E-state index contributed by atoms with van der Waals surface area (Å²) in [6.07, 6.45) is 0.461. The first kappa shape index (κ1) is 10.1.